The zero-order valence-corrected chi connectivity index (χ0v) is 14.7. The zero-order valence-electron chi connectivity index (χ0n) is 14.7. The topological polar surface area (TPSA) is 73.9 Å². The van der Waals surface area contributed by atoms with E-state index < -0.39 is 12.0 Å². The van der Waals surface area contributed by atoms with Crippen LogP contribution in [-0.2, 0) is 30.4 Å². The van der Waals surface area contributed by atoms with E-state index in [1.54, 1.807) is 6.92 Å². The van der Waals surface area contributed by atoms with E-state index in [9.17, 15) is 9.59 Å². The fraction of sp³-hybridized carbons (Fsp3) is 0.579. The Hall–Kier alpha value is -1.92. The largest absolute Gasteiger partial charge is 0.464 e. The lowest BCUT2D eigenvalue weighted by molar-refractivity contribution is -0.150. The summed E-state index contributed by atoms with van der Waals surface area (Å²) < 4.78 is 16.1. The van der Waals surface area contributed by atoms with E-state index in [0.29, 0.717) is 33.0 Å². The van der Waals surface area contributed by atoms with Crippen molar-refractivity contribution in [2.24, 2.45) is 5.92 Å². The van der Waals surface area contributed by atoms with Crippen molar-refractivity contribution in [1.82, 2.24) is 5.32 Å². The number of benzene rings is 1. The van der Waals surface area contributed by atoms with Gasteiger partial charge in [-0.15, -0.1) is 0 Å². The average molecular weight is 349 g/mol. The van der Waals surface area contributed by atoms with Crippen molar-refractivity contribution >= 4 is 11.9 Å². The van der Waals surface area contributed by atoms with Crippen molar-refractivity contribution in [2.45, 2.75) is 38.8 Å². The number of hydrogen-bond acceptors (Lipinski definition) is 5. The molecule has 1 saturated heterocycles. The molecular formula is C19H27NO5. The lowest BCUT2D eigenvalue weighted by Crippen LogP contribution is -2.49. The number of nitrogens with one attached hydrogen (secondary N) is 1. The molecule has 1 heterocycles. The summed E-state index contributed by atoms with van der Waals surface area (Å²) in [4.78, 5) is 24.3. The lowest BCUT2D eigenvalue weighted by atomic mass is 9.93. The predicted molar refractivity (Wildman–Crippen MR) is 92.8 cm³/mol. The van der Waals surface area contributed by atoms with E-state index in [1.165, 1.54) is 0 Å². The first-order chi connectivity index (χ1) is 12.2. The Morgan fingerprint density at radius 3 is 2.80 bits per heavy atom. The first kappa shape index (κ1) is 19.4. The molecule has 1 aromatic rings. The highest BCUT2D eigenvalue weighted by Gasteiger charge is 2.32. The molecule has 25 heavy (non-hydrogen) atoms. The van der Waals surface area contributed by atoms with Crippen LogP contribution >= 0.6 is 0 Å². The fourth-order valence-corrected chi connectivity index (χ4v) is 2.80. The van der Waals surface area contributed by atoms with Crippen LogP contribution in [0.25, 0.3) is 0 Å². The van der Waals surface area contributed by atoms with Crippen LogP contribution in [0.1, 0.15) is 31.7 Å². The molecule has 1 aliphatic rings. The third kappa shape index (κ3) is 6.84. The molecule has 0 saturated carbocycles. The smallest absolute Gasteiger partial charge is 0.329 e. The first-order valence-corrected chi connectivity index (χ1v) is 8.86. The van der Waals surface area contributed by atoms with Crippen molar-refractivity contribution in [3.63, 3.8) is 0 Å². The molecule has 1 aromatic carbocycles. The van der Waals surface area contributed by atoms with Gasteiger partial charge in [-0.25, -0.2) is 4.79 Å². The maximum Gasteiger partial charge on any atom is 0.329 e. The molecule has 0 radical (unpaired) electrons. The van der Waals surface area contributed by atoms with Gasteiger partial charge in [-0.2, -0.15) is 0 Å². The molecule has 1 N–H and O–H groups in total. The van der Waals surface area contributed by atoms with E-state index >= 15 is 0 Å². The van der Waals surface area contributed by atoms with Crippen molar-refractivity contribution in [3.8, 4) is 0 Å². The number of amides is 1. The second kappa shape index (κ2) is 10.8. The molecule has 6 heteroatoms. The summed E-state index contributed by atoms with van der Waals surface area (Å²) in [6.07, 6.45) is 1.93. The molecule has 0 spiro atoms. The van der Waals surface area contributed by atoms with Gasteiger partial charge in [0, 0.05) is 18.9 Å². The van der Waals surface area contributed by atoms with Gasteiger partial charge >= 0.3 is 5.97 Å². The second-order valence-corrected chi connectivity index (χ2v) is 6.06. The van der Waals surface area contributed by atoms with Gasteiger partial charge in [0.15, 0.2) is 0 Å². The minimum absolute atomic E-state index is 0.0398. The Morgan fingerprint density at radius 1 is 1.32 bits per heavy atom. The van der Waals surface area contributed by atoms with E-state index in [-0.39, 0.29) is 18.2 Å². The fourth-order valence-electron chi connectivity index (χ4n) is 2.80. The van der Waals surface area contributed by atoms with Crippen molar-refractivity contribution in [3.05, 3.63) is 35.9 Å². The van der Waals surface area contributed by atoms with Gasteiger partial charge in [0.25, 0.3) is 0 Å². The molecule has 1 fully saturated rings. The van der Waals surface area contributed by atoms with Crippen LogP contribution in [0.15, 0.2) is 30.3 Å². The Labute approximate surface area is 148 Å². The van der Waals surface area contributed by atoms with Crippen LogP contribution < -0.4 is 5.32 Å². The molecule has 0 bridgehead atoms. The van der Waals surface area contributed by atoms with Gasteiger partial charge in [0.1, 0.15) is 6.04 Å². The Kier molecular flexibility index (Phi) is 8.42. The predicted octanol–water partition coefficient (Wildman–Crippen LogP) is 2.07. The number of ether oxygens (including phenoxy) is 3. The van der Waals surface area contributed by atoms with Crippen molar-refractivity contribution in [1.29, 1.82) is 0 Å². The standard InChI is InChI=1S/C19H27NO5/c1-2-25-19(22)18(16-9-6-11-23-14-16)20-17(21)10-12-24-13-15-7-4-3-5-8-15/h3-5,7-8,16,18H,2,6,9-14H2,1H3,(H,20,21)/t16-,18-/m0/s1. The zero-order chi connectivity index (χ0) is 17.9. The number of rotatable bonds is 9. The Morgan fingerprint density at radius 2 is 2.12 bits per heavy atom. The molecular weight excluding hydrogens is 322 g/mol. The van der Waals surface area contributed by atoms with Crippen LogP contribution in [0.3, 0.4) is 0 Å². The monoisotopic (exact) mass is 349 g/mol. The summed E-state index contributed by atoms with van der Waals surface area (Å²) in [6.45, 7) is 3.98. The molecule has 2 atom stereocenters. The molecule has 0 aromatic heterocycles. The van der Waals surface area contributed by atoms with E-state index in [2.05, 4.69) is 5.32 Å². The quantitative estimate of drug-likeness (QED) is 0.546. The highest BCUT2D eigenvalue weighted by atomic mass is 16.5. The van der Waals surface area contributed by atoms with Crippen LogP contribution in [0.4, 0.5) is 0 Å². The molecule has 6 nitrogen and oxygen atoms in total. The summed E-state index contributed by atoms with van der Waals surface area (Å²) in [6, 6.07) is 9.13. The van der Waals surface area contributed by atoms with Gasteiger partial charge in [0.2, 0.25) is 5.91 Å². The highest BCUT2D eigenvalue weighted by molar-refractivity contribution is 5.84. The summed E-state index contributed by atoms with van der Waals surface area (Å²) in [5.74, 6) is -0.643. The number of carbonyl (C=O) groups is 2. The minimum atomic E-state index is -0.651. The average Bonchev–Trinajstić information content (AvgIpc) is 2.65. The van der Waals surface area contributed by atoms with Crippen LogP contribution in [0.2, 0.25) is 0 Å². The third-order valence-corrected chi connectivity index (χ3v) is 4.11. The van der Waals surface area contributed by atoms with Gasteiger partial charge in [0.05, 0.1) is 26.4 Å². The Bertz CT molecular complexity index is 528. The van der Waals surface area contributed by atoms with E-state index in [0.717, 1.165) is 18.4 Å². The van der Waals surface area contributed by atoms with Crippen LogP contribution in [0, 0.1) is 5.92 Å². The molecule has 0 aliphatic carbocycles. The Balaban J connectivity index is 1.76. The first-order valence-electron chi connectivity index (χ1n) is 8.86. The van der Waals surface area contributed by atoms with Gasteiger partial charge in [-0.05, 0) is 25.3 Å². The van der Waals surface area contributed by atoms with Crippen LogP contribution in [-0.4, -0.2) is 44.3 Å². The maximum absolute atomic E-state index is 12.2. The number of hydrogen-bond donors (Lipinski definition) is 1. The van der Waals surface area contributed by atoms with Gasteiger partial charge < -0.3 is 19.5 Å². The van der Waals surface area contributed by atoms with E-state index in [1.807, 2.05) is 30.3 Å². The SMILES string of the molecule is CCOC(=O)[C@@H](NC(=O)CCOCc1ccccc1)[C@H]1CCCOC1. The third-order valence-electron chi connectivity index (χ3n) is 4.11. The number of esters is 1. The molecule has 2 rings (SSSR count). The summed E-state index contributed by atoms with van der Waals surface area (Å²) in [5.41, 5.74) is 1.06. The molecule has 1 aliphatic heterocycles. The summed E-state index contributed by atoms with van der Waals surface area (Å²) >= 11 is 0. The van der Waals surface area contributed by atoms with Crippen molar-refractivity contribution in [2.75, 3.05) is 26.4 Å². The van der Waals surface area contributed by atoms with Gasteiger partial charge in [-0.1, -0.05) is 30.3 Å². The molecule has 138 valence electrons. The maximum atomic E-state index is 12.2. The summed E-state index contributed by atoms with van der Waals surface area (Å²) in [7, 11) is 0. The molecule has 0 unspecified atom stereocenters. The van der Waals surface area contributed by atoms with Gasteiger partial charge in [-0.3, -0.25) is 4.79 Å². The van der Waals surface area contributed by atoms with E-state index in [4.69, 9.17) is 14.2 Å². The van der Waals surface area contributed by atoms with Crippen LogP contribution in [0.5, 0.6) is 0 Å². The minimum Gasteiger partial charge on any atom is -0.464 e. The molecule has 1 amide bonds. The summed E-state index contributed by atoms with van der Waals surface area (Å²) in [5, 5.41) is 2.80. The lowest BCUT2D eigenvalue weighted by Gasteiger charge is -2.29. The van der Waals surface area contributed by atoms with Crippen molar-refractivity contribution < 1.29 is 23.8 Å². The normalized spacial score (nSPS) is 18.4. The number of carbonyl (C=O) groups excluding carboxylic acids is 2. The highest BCUT2D eigenvalue weighted by Crippen LogP contribution is 2.18. The second-order valence-electron chi connectivity index (χ2n) is 6.06.